The number of nitrogen functional groups attached to an aromatic ring is 1. The first-order valence-electron chi connectivity index (χ1n) is 7.02. The summed E-state index contributed by atoms with van der Waals surface area (Å²) in [5.74, 6) is 1.24. The van der Waals surface area contributed by atoms with E-state index in [2.05, 4.69) is 0 Å². The highest BCUT2D eigenvalue weighted by atomic mass is 16.5. The fraction of sp³-hybridized carbons (Fsp3) is 0.235. The van der Waals surface area contributed by atoms with Crippen LogP contribution in [-0.4, -0.2) is 19.0 Å². The van der Waals surface area contributed by atoms with Crippen molar-refractivity contribution in [1.82, 2.24) is 0 Å². The molecule has 2 N–H and O–H groups in total. The fourth-order valence-corrected chi connectivity index (χ4v) is 2.52. The zero-order chi connectivity index (χ0) is 14.8. The lowest BCUT2D eigenvalue weighted by atomic mass is 9.99. The summed E-state index contributed by atoms with van der Waals surface area (Å²) in [5.41, 5.74) is 8.59. The second kappa shape index (κ2) is 5.48. The number of carbonyl (C=O) groups excluding carboxylic acids is 1. The van der Waals surface area contributed by atoms with Crippen molar-refractivity contribution < 1.29 is 14.3 Å². The molecule has 0 aromatic heterocycles. The standard InChI is InChI=1S/C17H17NO3/c1-2-20-17-13(4-3-5-14(17)18)16(19)12-6-7-15-11(10-12)8-9-21-15/h3-7,10H,2,8-9,18H2,1H3. The van der Waals surface area contributed by atoms with Crippen LogP contribution in [0.1, 0.15) is 28.4 Å². The summed E-state index contributed by atoms with van der Waals surface area (Å²) in [6.45, 7) is 3.01. The summed E-state index contributed by atoms with van der Waals surface area (Å²) in [6, 6.07) is 10.8. The minimum absolute atomic E-state index is 0.0829. The summed E-state index contributed by atoms with van der Waals surface area (Å²) in [6.07, 6.45) is 0.839. The Labute approximate surface area is 123 Å². The number of fused-ring (bicyclic) bond motifs is 1. The monoisotopic (exact) mass is 283 g/mol. The van der Waals surface area contributed by atoms with Crippen molar-refractivity contribution in [1.29, 1.82) is 0 Å². The van der Waals surface area contributed by atoms with Gasteiger partial charge >= 0.3 is 0 Å². The quantitative estimate of drug-likeness (QED) is 0.692. The van der Waals surface area contributed by atoms with Gasteiger partial charge in [-0.25, -0.2) is 0 Å². The second-order valence-corrected chi connectivity index (χ2v) is 4.91. The molecule has 4 heteroatoms. The number of benzene rings is 2. The summed E-state index contributed by atoms with van der Waals surface area (Å²) < 4.78 is 11.0. The number of hydrogen-bond donors (Lipinski definition) is 1. The Balaban J connectivity index is 2.01. The van der Waals surface area contributed by atoms with Gasteiger partial charge in [0.2, 0.25) is 0 Å². The molecule has 4 nitrogen and oxygen atoms in total. The van der Waals surface area contributed by atoms with Crippen molar-refractivity contribution in [2.24, 2.45) is 0 Å². The average Bonchev–Trinajstić information content (AvgIpc) is 2.96. The maximum absolute atomic E-state index is 12.7. The molecule has 0 atom stereocenters. The first-order chi connectivity index (χ1) is 10.2. The molecule has 21 heavy (non-hydrogen) atoms. The van der Waals surface area contributed by atoms with Gasteiger partial charge in [-0.05, 0) is 42.8 Å². The highest BCUT2D eigenvalue weighted by Gasteiger charge is 2.19. The minimum atomic E-state index is -0.0829. The molecule has 1 aliphatic heterocycles. The van der Waals surface area contributed by atoms with Gasteiger partial charge in [-0.3, -0.25) is 4.79 Å². The van der Waals surface area contributed by atoms with E-state index in [4.69, 9.17) is 15.2 Å². The number of hydrogen-bond acceptors (Lipinski definition) is 4. The molecule has 0 saturated carbocycles. The van der Waals surface area contributed by atoms with Crippen molar-refractivity contribution in [2.45, 2.75) is 13.3 Å². The van der Waals surface area contributed by atoms with E-state index in [1.54, 1.807) is 24.3 Å². The SMILES string of the molecule is CCOc1c(N)cccc1C(=O)c1ccc2c(c1)CCO2. The molecule has 0 aliphatic carbocycles. The van der Waals surface area contributed by atoms with Gasteiger partial charge in [-0.2, -0.15) is 0 Å². The summed E-state index contributed by atoms with van der Waals surface area (Å²) >= 11 is 0. The molecule has 1 heterocycles. The lowest BCUT2D eigenvalue weighted by molar-refractivity contribution is 0.103. The summed E-state index contributed by atoms with van der Waals surface area (Å²) in [7, 11) is 0. The predicted molar refractivity (Wildman–Crippen MR) is 81.1 cm³/mol. The highest BCUT2D eigenvalue weighted by molar-refractivity contribution is 6.11. The van der Waals surface area contributed by atoms with Crippen LogP contribution in [0, 0.1) is 0 Å². The first kappa shape index (κ1) is 13.5. The van der Waals surface area contributed by atoms with E-state index in [0.717, 1.165) is 17.7 Å². The van der Waals surface area contributed by atoms with E-state index < -0.39 is 0 Å². The number of ketones is 1. The van der Waals surface area contributed by atoms with Gasteiger partial charge < -0.3 is 15.2 Å². The minimum Gasteiger partial charge on any atom is -0.493 e. The molecule has 1 aliphatic rings. The van der Waals surface area contributed by atoms with Gasteiger partial charge in [0.15, 0.2) is 11.5 Å². The average molecular weight is 283 g/mol. The van der Waals surface area contributed by atoms with Crippen molar-refractivity contribution in [2.75, 3.05) is 18.9 Å². The molecule has 0 spiro atoms. The third-order valence-corrected chi connectivity index (χ3v) is 3.53. The molecule has 0 radical (unpaired) electrons. The molecule has 0 fully saturated rings. The Morgan fingerprint density at radius 2 is 2.19 bits per heavy atom. The summed E-state index contributed by atoms with van der Waals surface area (Å²) in [4.78, 5) is 12.7. The lowest BCUT2D eigenvalue weighted by Gasteiger charge is -2.12. The van der Waals surface area contributed by atoms with Crippen LogP contribution in [0.15, 0.2) is 36.4 Å². The van der Waals surface area contributed by atoms with E-state index >= 15 is 0 Å². The van der Waals surface area contributed by atoms with Crippen molar-refractivity contribution in [3.8, 4) is 11.5 Å². The van der Waals surface area contributed by atoms with Gasteiger partial charge in [0.1, 0.15) is 5.75 Å². The van der Waals surface area contributed by atoms with Crippen LogP contribution in [0.4, 0.5) is 5.69 Å². The van der Waals surface area contributed by atoms with Crippen molar-refractivity contribution >= 4 is 11.5 Å². The van der Waals surface area contributed by atoms with Gasteiger partial charge in [0.25, 0.3) is 0 Å². The van der Waals surface area contributed by atoms with Gasteiger partial charge in [0, 0.05) is 12.0 Å². The number of carbonyl (C=O) groups is 1. The smallest absolute Gasteiger partial charge is 0.196 e. The Kier molecular flexibility index (Phi) is 3.52. The van der Waals surface area contributed by atoms with E-state index in [9.17, 15) is 4.79 Å². The van der Waals surface area contributed by atoms with Crippen LogP contribution in [0.5, 0.6) is 11.5 Å². The molecule has 0 bridgehead atoms. The van der Waals surface area contributed by atoms with Crippen molar-refractivity contribution in [3.63, 3.8) is 0 Å². The first-order valence-corrected chi connectivity index (χ1v) is 7.02. The molecule has 0 saturated heterocycles. The Morgan fingerprint density at radius 3 is 3.00 bits per heavy atom. The molecule has 2 aromatic rings. The number of ether oxygens (including phenoxy) is 2. The zero-order valence-electron chi connectivity index (χ0n) is 11.9. The van der Waals surface area contributed by atoms with Crippen LogP contribution in [0.25, 0.3) is 0 Å². The van der Waals surface area contributed by atoms with E-state index in [0.29, 0.717) is 35.8 Å². The number of rotatable bonds is 4. The molecule has 0 amide bonds. The Bertz CT molecular complexity index is 694. The fourth-order valence-electron chi connectivity index (χ4n) is 2.52. The van der Waals surface area contributed by atoms with Crippen LogP contribution in [0.3, 0.4) is 0 Å². The summed E-state index contributed by atoms with van der Waals surface area (Å²) in [5, 5.41) is 0. The lowest BCUT2D eigenvalue weighted by Crippen LogP contribution is -2.07. The maximum atomic E-state index is 12.7. The molecule has 108 valence electrons. The maximum Gasteiger partial charge on any atom is 0.196 e. The Morgan fingerprint density at radius 1 is 1.33 bits per heavy atom. The molecular formula is C17H17NO3. The highest BCUT2D eigenvalue weighted by Crippen LogP contribution is 2.31. The molecule has 2 aromatic carbocycles. The van der Waals surface area contributed by atoms with E-state index in [1.165, 1.54) is 0 Å². The topological polar surface area (TPSA) is 61.5 Å². The van der Waals surface area contributed by atoms with Crippen LogP contribution >= 0.6 is 0 Å². The van der Waals surface area contributed by atoms with E-state index in [1.807, 2.05) is 19.1 Å². The van der Waals surface area contributed by atoms with Crippen LogP contribution in [0.2, 0.25) is 0 Å². The zero-order valence-corrected chi connectivity index (χ0v) is 11.9. The number of nitrogens with two attached hydrogens (primary N) is 1. The molecule has 0 unspecified atom stereocenters. The van der Waals surface area contributed by atoms with Gasteiger partial charge in [-0.15, -0.1) is 0 Å². The van der Waals surface area contributed by atoms with Gasteiger partial charge in [-0.1, -0.05) is 6.07 Å². The Hall–Kier alpha value is -2.49. The predicted octanol–water partition coefficient (Wildman–Crippen LogP) is 2.83. The second-order valence-electron chi connectivity index (χ2n) is 4.91. The number of para-hydroxylation sites is 1. The van der Waals surface area contributed by atoms with Crippen molar-refractivity contribution in [3.05, 3.63) is 53.1 Å². The largest absolute Gasteiger partial charge is 0.493 e. The third-order valence-electron chi connectivity index (χ3n) is 3.53. The van der Waals surface area contributed by atoms with E-state index in [-0.39, 0.29) is 5.78 Å². The number of anilines is 1. The molecular weight excluding hydrogens is 266 g/mol. The van der Waals surface area contributed by atoms with Crippen LogP contribution < -0.4 is 15.2 Å². The normalized spacial score (nSPS) is 12.6. The van der Waals surface area contributed by atoms with Crippen LogP contribution in [-0.2, 0) is 6.42 Å². The molecule has 3 rings (SSSR count). The van der Waals surface area contributed by atoms with Gasteiger partial charge in [0.05, 0.1) is 24.5 Å². The third kappa shape index (κ3) is 2.44.